The van der Waals surface area contributed by atoms with E-state index in [9.17, 15) is 9.59 Å². The molecule has 2 aromatic rings. The number of aliphatic imine (C=N–C) groups is 1. The summed E-state index contributed by atoms with van der Waals surface area (Å²) >= 11 is 0. The maximum Gasteiger partial charge on any atom is 0.428 e. The standard InChI is InChI=1S/C31H35N3O7/c1-8-9-22-14-21(12-13-32-22)20-10-11-24-23(15-20)31(30(18-38-24)16-37-17-30)19-39-25(33-31)34(26(35)40-28(2,3)4)27(36)41-29(5,6)7/h10-15H,16-19H2,1-7H3. The minimum absolute atomic E-state index is 0.0660. The van der Waals surface area contributed by atoms with Gasteiger partial charge in [0.15, 0.2) is 0 Å². The lowest BCUT2D eigenvalue weighted by molar-refractivity contribution is -0.185. The van der Waals surface area contributed by atoms with Crippen LogP contribution in [0.1, 0.15) is 59.7 Å². The molecule has 3 aliphatic heterocycles. The van der Waals surface area contributed by atoms with Gasteiger partial charge in [-0.2, -0.15) is 0 Å². The molecule has 0 bridgehead atoms. The molecule has 1 saturated heterocycles. The first-order chi connectivity index (χ1) is 19.3. The van der Waals surface area contributed by atoms with E-state index in [2.05, 4.69) is 16.8 Å². The van der Waals surface area contributed by atoms with Crippen molar-refractivity contribution >= 4 is 18.2 Å². The molecule has 0 saturated carbocycles. The number of benzene rings is 1. The van der Waals surface area contributed by atoms with Crippen molar-refractivity contribution in [2.45, 2.75) is 65.2 Å². The Morgan fingerprint density at radius 3 is 2.15 bits per heavy atom. The first-order valence-electron chi connectivity index (χ1n) is 13.5. The summed E-state index contributed by atoms with van der Waals surface area (Å²) < 4.78 is 29.1. The summed E-state index contributed by atoms with van der Waals surface area (Å²) in [6, 6.07) is 9.51. The Kier molecular flexibility index (Phi) is 6.98. The van der Waals surface area contributed by atoms with Gasteiger partial charge in [-0.1, -0.05) is 12.0 Å². The lowest BCUT2D eigenvalue weighted by Crippen LogP contribution is -2.63. The number of hydrogen-bond donors (Lipinski definition) is 0. The second kappa shape index (κ2) is 10.1. The van der Waals surface area contributed by atoms with Crippen molar-refractivity contribution in [3.63, 3.8) is 0 Å². The minimum atomic E-state index is -0.995. The predicted octanol–water partition coefficient (Wildman–Crippen LogP) is 5.28. The van der Waals surface area contributed by atoms with Crippen molar-refractivity contribution in [2.24, 2.45) is 10.4 Å². The summed E-state index contributed by atoms with van der Waals surface area (Å²) in [4.78, 5) is 36.7. The van der Waals surface area contributed by atoms with Crippen LogP contribution in [0.2, 0.25) is 0 Å². The predicted molar refractivity (Wildman–Crippen MR) is 150 cm³/mol. The molecule has 5 rings (SSSR count). The smallest absolute Gasteiger partial charge is 0.428 e. The number of carbonyl (C=O) groups excluding carboxylic acids is 2. The van der Waals surface area contributed by atoms with Crippen LogP contribution in [0.15, 0.2) is 41.5 Å². The summed E-state index contributed by atoms with van der Waals surface area (Å²) in [5, 5.41) is 0. The van der Waals surface area contributed by atoms with Crippen LogP contribution in [0, 0.1) is 17.3 Å². The SMILES string of the molecule is CC#Cc1cc(-c2ccc3c(c2)C2(COC(N(C(=O)OC(C)(C)C)C(=O)OC(C)(C)C)=N2)C2(COC2)CO3)ccn1. The Morgan fingerprint density at radius 1 is 0.902 bits per heavy atom. The molecule has 4 heterocycles. The van der Waals surface area contributed by atoms with Gasteiger partial charge in [0.2, 0.25) is 0 Å². The molecule has 2 amide bonds. The fourth-order valence-corrected chi connectivity index (χ4v) is 5.02. The summed E-state index contributed by atoms with van der Waals surface area (Å²) in [7, 11) is 0. The summed E-state index contributed by atoms with van der Waals surface area (Å²) in [6.07, 6.45) is -0.163. The summed E-state index contributed by atoms with van der Waals surface area (Å²) in [5.74, 6) is 6.52. The van der Waals surface area contributed by atoms with Crippen molar-refractivity contribution in [1.29, 1.82) is 0 Å². The van der Waals surface area contributed by atoms with Crippen LogP contribution in [0.5, 0.6) is 5.75 Å². The van der Waals surface area contributed by atoms with Gasteiger partial charge in [0.1, 0.15) is 41.4 Å². The van der Waals surface area contributed by atoms with E-state index in [-0.39, 0.29) is 12.6 Å². The number of rotatable bonds is 1. The van der Waals surface area contributed by atoms with Gasteiger partial charge in [0.05, 0.1) is 18.6 Å². The highest BCUT2D eigenvalue weighted by atomic mass is 16.6. The molecular formula is C31H35N3O7. The Hall–Kier alpha value is -4.10. The van der Waals surface area contributed by atoms with Gasteiger partial charge < -0.3 is 23.7 Å². The summed E-state index contributed by atoms with van der Waals surface area (Å²) in [5.41, 5.74) is -0.0411. The van der Waals surface area contributed by atoms with Crippen molar-refractivity contribution in [2.75, 3.05) is 26.4 Å². The molecule has 1 aromatic carbocycles. The molecule has 2 spiro atoms. The van der Waals surface area contributed by atoms with E-state index in [1.165, 1.54) is 0 Å². The molecule has 1 fully saturated rings. The van der Waals surface area contributed by atoms with Gasteiger partial charge in [-0.05, 0) is 89.8 Å². The largest absolute Gasteiger partial charge is 0.492 e. The number of pyridine rings is 1. The number of nitrogens with zero attached hydrogens (tertiary/aromatic N) is 3. The number of fused-ring (bicyclic) bond motifs is 3. The molecule has 0 aliphatic carbocycles. The van der Waals surface area contributed by atoms with Gasteiger partial charge in [-0.25, -0.2) is 19.6 Å². The molecule has 0 radical (unpaired) electrons. The van der Waals surface area contributed by atoms with Gasteiger partial charge in [0, 0.05) is 11.8 Å². The van der Waals surface area contributed by atoms with Crippen LogP contribution in [0.3, 0.4) is 0 Å². The molecule has 10 heteroatoms. The molecule has 0 N–H and O–H groups in total. The third kappa shape index (κ3) is 5.34. The van der Waals surface area contributed by atoms with Crippen LogP contribution < -0.4 is 4.74 Å². The fraction of sp³-hybridized carbons (Fsp3) is 0.484. The Morgan fingerprint density at radius 2 is 1.56 bits per heavy atom. The zero-order valence-corrected chi connectivity index (χ0v) is 24.5. The highest BCUT2D eigenvalue weighted by Gasteiger charge is 2.65. The Balaban J connectivity index is 1.62. The molecule has 1 aromatic heterocycles. The molecule has 41 heavy (non-hydrogen) atoms. The molecule has 3 aliphatic rings. The number of ether oxygens (including phenoxy) is 5. The number of amidine groups is 1. The molecular weight excluding hydrogens is 526 g/mol. The molecule has 216 valence electrons. The van der Waals surface area contributed by atoms with Gasteiger partial charge in [-0.3, -0.25) is 0 Å². The van der Waals surface area contributed by atoms with Crippen molar-refractivity contribution < 1.29 is 33.3 Å². The zero-order chi connectivity index (χ0) is 29.6. The van der Waals surface area contributed by atoms with Gasteiger partial charge >= 0.3 is 18.2 Å². The molecule has 10 nitrogen and oxygen atoms in total. The molecule has 1 atom stereocenters. The van der Waals surface area contributed by atoms with Crippen molar-refractivity contribution in [3.8, 4) is 28.7 Å². The number of carbonyl (C=O) groups is 2. The lowest BCUT2D eigenvalue weighted by Gasteiger charge is -2.53. The first-order valence-corrected chi connectivity index (χ1v) is 13.5. The van der Waals surface area contributed by atoms with Crippen molar-refractivity contribution in [3.05, 3.63) is 47.8 Å². The van der Waals surface area contributed by atoms with E-state index in [1.807, 2.05) is 30.3 Å². The quantitative estimate of drug-likeness (QED) is 0.433. The highest BCUT2D eigenvalue weighted by molar-refractivity contribution is 6.06. The number of amides is 2. The van der Waals surface area contributed by atoms with E-state index in [1.54, 1.807) is 54.7 Å². The van der Waals surface area contributed by atoms with Crippen LogP contribution >= 0.6 is 0 Å². The minimum Gasteiger partial charge on any atom is -0.492 e. The maximum absolute atomic E-state index is 13.3. The Bertz CT molecular complexity index is 1440. The highest BCUT2D eigenvalue weighted by Crippen LogP contribution is 2.56. The van der Waals surface area contributed by atoms with Crippen LogP contribution in [0.25, 0.3) is 11.1 Å². The number of imide groups is 1. The second-order valence-corrected chi connectivity index (χ2v) is 12.4. The number of aromatic nitrogens is 1. The zero-order valence-electron chi connectivity index (χ0n) is 24.5. The van der Waals surface area contributed by atoms with E-state index < -0.39 is 34.3 Å². The van der Waals surface area contributed by atoms with Crippen LogP contribution in [-0.2, 0) is 24.5 Å². The maximum atomic E-state index is 13.3. The van der Waals surface area contributed by atoms with E-state index in [4.69, 9.17) is 28.7 Å². The monoisotopic (exact) mass is 561 g/mol. The van der Waals surface area contributed by atoms with Crippen LogP contribution in [0.4, 0.5) is 9.59 Å². The fourth-order valence-electron chi connectivity index (χ4n) is 5.02. The lowest BCUT2D eigenvalue weighted by atomic mass is 9.64. The first kappa shape index (κ1) is 28.4. The average molecular weight is 562 g/mol. The normalized spacial score (nSPS) is 20.4. The van der Waals surface area contributed by atoms with E-state index >= 15 is 0 Å². The van der Waals surface area contributed by atoms with Crippen molar-refractivity contribution in [1.82, 2.24) is 9.88 Å². The van der Waals surface area contributed by atoms with Crippen LogP contribution in [-0.4, -0.2) is 65.7 Å². The average Bonchev–Trinajstić information content (AvgIpc) is 3.26. The number of hydrogen-bond acceptors (Lipinski definition) is 9. The summed E-state index contributed by atoms with van der Waals surface area (Å²) in [6.45, 7) is 13.2. The third-order valence-electron chi connectivity index (χ3n) is 6.95. The van der Waals surface area contributed by atoms with Gasteiger partial charge in [-0.15, -0.1) is 4.90 Å². The topological polar surface area (TPSA) is 109 Å². The Labute approximate surface area is 240 Å². The van der Waals surface area contributed by atoms with Gasteiger partial charge in [0.25, 0.3) is 0 Å². The van der Waals surface area contributed by atoms with E-state index in [0.717, 1.165) is 21.6 Å². The third-order valence-corrected chi connectivity index (χ3v) is 6.95. The van der Waals surface area contributed by atoms with E-state index in [0.29, 0.717) is 31.3 Å². The second-order valence-electron chi connectivity index (χ2n) is 12.4. The molecule has 1 unspecified atom stereocenters.